The molecule has 0 aromatic heterocycles. The molecule has 0 radical (unpaired) electrons. The van der Waals surface area contributed by atoms with Crippen LogP contribution in [0.25, 0.3) is 0 Å². The summed E-state index contributed by atoms with van der Waals surface area (Å²) in [6.45, 7) is 6.46. The molecule has 2 unspecified atom stereocenters. The van der Waals surface area contributed by atoms with Gasteiger partial charge in [-0.15, -0.1) is 0 Å². The molecule has 1 fully saturated rings. The SMILES string of the molecule is CCCNC(C(C)CCOC)C1(OC)CCCC1. The topological polar surface area (TPSA) is 30.5 Å². The minimum atomic E-state index is 0.0579. The van der Waals surface area contributed by atoms with Gasteiger partial charge in [0, 0.05) is 26.9 Å². The van der Waals surface area contributed by atoms with Crippen molar-refractivity contribution in [3.8, 4) is 0 Å². The van der Waals surface area contributed by atoms with Crippen LogP contribution < -0.4 is 5.32 Å². The van der Waals surface area contributed by atoms with E-state index < -0.39 is 0 Å². The summed E-state index contributed by atoms with van der Waals surface area (Å²) in [7, 11) is 3.66. The van der Waals surface area contributed by atoms with Gasteiger partial charge in [-0.2, -0.15) is 0 Å². The molecule has 0 aliphatic heterocycles. The summed E-state index contributed by atoms with van der Waals surface area (Å²) >= 11 is 0. The maximum atomic E-state index is 5.96. The predicted octanol–water partition coefficient (Wildman–Crippen LogP) is 2.99. The number of nitrogens with one attached hydrogen (secondary N) is 1. The first-order valence-corrected chi connectivity index (χ1v) is 7.47. The maximum absolute atomic E-state index is 5.96. The predicted molar refractivity (Wildman–Crippen MR) is 75.9 cm³/mol. The Labute approximate surface area is 113 Å². The zero-order valence-corrected chi connectivity index (χ0v) is 12.6. The summed E-state index contributed by atoms with van der Waals surface area (Å²) < 4.78 is 11.2. The summed E-state index contributed by atoms with van der Waals surface area (Å²) in [5.74, 6) is 0.592. The lowest BCUT2D eigenvalue weighted by Gasteiger charge is -2.40. The van der Waals surface area contributed by atoms with Crippen molar-refractivity contribution in [2.45, 2.75) is 64.0 Å². The Hall–Kier alpha value is -0.120. The van der Waals surface area contributed by atoms with Crippen LogP contribution >= 0.6 is 0 Å². The number of hydrogen-bond donors (Lipinski definition) is 1. The number of methoxy groups -OCH3 is 2. The van der Waals surface area contributed by atoms with Gasteiger partial charge in [-0.3, -0.25) is 0 Å². The smallest absolute Gasteiger partial charge is 0.0833 e. The Morgan fingerprint density at radius 2 is 1.89 bits per heavy atom. The van der Waals surface area contributed by atoms with Gasteiger partial charge in [-0.25, -0.2) is 0 Å². The van der Waals surface area contributed by atoms with Gasteiger partial charge in [0.15, 0.2) is 0 Å². The molecular weight excluding hydrogens is 226 g/mol. The number of ether oxygens (including phenoxy) is 2. The van der Waals surface area contributed by atoms with E-state index in [1.165, 1.54) is 32.1 Å². The molecule has 1 saturated carbocycles. The van der Waals surface area contributed by atoms with Crippen molar-refractivity contribution in [3.05, 3.63) is 0 Å². The molecule has 0 heterocycles. The molecule has 0 amide bonds. The molecule has 1 aliphatic carbocycles. The Morgan fingerprint density at radius 1 is 1.22 bits per heavy atom. The molecule has 1 N–H and O–H groups in total. The molecule has 0 saturated heterocycles. The monoisotopic (exact) mass is 257 g/mol. The highest BCUT2D eigenvalue weighted by molar-refractivity contribution is 4.99. The fourth-order valence-corrected chi connectivity index (χ4v) is 3.29. The van der Waals surface area contributed by atoms with E-state index in [2.05, 4.69) is 19.2 Å². The average molecular weight is 257 g/mol. The molecule has 3 heteroatoms. The van der Waals surface area contributed by atoms with Gasteiger partial charge < -0.3 is 14.8 Å². The first-order chi connectivity index (χ1) is 8.70. The van der Waals surface area contributed by atoms with Crippen molar-refractivity contribution >= 4 is 0 Å². The zero-order chi connectivity index (χ0) is 13.4. The average Bonchev–Trinajstić information content (AvgIpc) is 2.86. The molecule has 3 nitrogen and oxygen atoms in total. The van der Waals surface area contributed by atoms with Gasteiger partial charge in [0.05, 0.1) is 5.60 Å². The van der Waals surface area contributed by atoms with Crippen LogP contribution in [0.3, 0.4) is 0 Å². The van der Waals surface area contributed by atoms with Gasteiger partial charge >= 0.3 is 0 Å². The van der Waals surface area contributed by atoms with Crippen molar-refractivity contribution in [1.82, 2.24) is 5.32 Å². The maximum Gasteiger partial charge on any atom is 0.0833 e. The fourth-order valence-electron chi connectivity index (χ4n) is 3.29. The zero-order valence-electron chi connectivity index (χ0n) is 12.6. The van der Waals surface area contributed by atoms with Crippen LogP contribution in [-0.4, -0.2) is 39.0 Å². The Morgan fingerprint density at radius 3 is 2.39 bits per heavy atom. The van der Waals surface area contributed by atoms with Crippen molar-refractivity contribution in [2.75, 3.05) is 27.4 Å². The highest BCUT2D eigenvalue weighted by atomic mass is 16.5. The summed E-state index contributed by atoms with van der Waals surface area (Å²) in [6.07, 6.45) is 7.27. The highest BCUT2D eigenvalue weighted by Crippen LogP contribution is 2.38. The van der Waals surface area contributed by atoms with E-state index in [4.69, 9.17) is 9.47 Å². The summed E-state index contributed by atoms with van der Waals surface area (Å²) in [6, 6.07) is 0.458. The molecule has 1 rings (SSSR count). The minimum Gasteiger partial charge on any atom is -0.385 e. The Kier molecular flexibility index (Phi) is 7.20. The minimum absolute atomic E-state index is 0.0579. The normalized spacial score (nSPS) is 22.0. The molecule has 0 bridgehead atoms. The lowest BCUT2D eigenvalue weighted by molar-refractivity contribution is -0.0526. The van der Waals surface area contributed by atoms with Gasteiger partial charge in [0.25, 0.3) is 0 Å². The van der Waals surface area contributed by atoms with E-state index in [0.29, 0.717) is 12.0 Å². The number of hydrogen-bond acceptors (Lipinski definition) is 3. The van der Waals surface area contributed by atoms with E-state index in [1.54, 1.807) is 7.11 Å². The molecule has 108 valence electrons. The largest absolute Gasteiger partial charge is 0.385 e. The van der Waals surface area contributed by atoms with Crippen molar-refractivity contribution in [3.63, 3.8) is 0 Å². The molecule has 0 spiro atoms. The first kappa shape index (κ1) is 15.9. The third-order valence-corrected chi connectivity index (χ3v) is 4.38. The van der Waals surface area contributed by atoms with E-state index in [0.717, 1.165) is 19.6 Å². The second-order valence-corrected chi connectivity index (χ2v) is 5.67. The van der Waals surface area contributed by atoms with Crippen molar-refractivity contribution in [2.24, 2.45) is 5.92 Å². The second kappa shape index (κ2) is 8.13. The van der Waals surface area contributed by atoms with Gasteiger partial charge in [-0.05, 0) is 38.1 Å². The lowest BCUT2D eigenvalue weighted by Crippen LogP contribution is -2.54. The van der Waals surface area contributed by atoms with E-state index >= 15 is 0 Å². The van der Waals surface area contributed by atoms with Crippen LogP contribution in [0.1, 0.15) is 52.4 Å². The molecular formula is C15H31NO2. The summed E-state index contributed by atoms with van der Waals surface area (Å²) in [5, 5.41) is 3.73. The summed E-state index contributed by atoms with van der Waals surface area (Å²) in [4.78, 5) is 0. The van der Waals surface area contributed by atoms with Crippen molar-refractivity contribution < 1.29 is 9.47 Å². The Balaban J connectivity index is 2.68. The van der Waals surface area contributed by atoms with Crippen LogP contribution in [0.15, 0.2) is 0 Å². The van der Waals surface area contributed by atoms with Crippen LogP contribution in [0, 0.1) is 5.92 Å². The van der Waals surface area contributed by atoms with Crippen LogP contribution in [-0.2, 0) is 9.47 Å². The number of rotatable bonds is 9. The molecule has 18 heavy (non-hydrogen) atoms. The first-order valence-electron chi connectivity index (χ1n) is 7.47. The molecule has 0 aromatic rings. The van der Waals surface area contributed by atoms with Gasteiger partial charge in [-0.1, -0.05) is 26.7 Å². The second-order valence-electron chi connectivity index (χ2n) is 5.67. The van der Waals surface area contributed by atoms with Crippen LogP contribution in [0.4, 0.5) is 0 Å². The standard InChI is InChI=1S/C15H31NO2/c1-5-11-16-14(13(2)8-12-17-3)15(18-4)9-6-7-10-15/h13-14,16H,5-12H2,1-4H3. The third kappa shape index (κ3) is 3.94. The van der Waals surface area contributed by atoms with E-state index in [1.807, 2.05) is 7.11 Å². The van der Waals surface area contributed by atoms with Gasteiger partial charge in [0.2, 0.25) is 0 Å². The molecule has 1 aliphatic rings. The van der Waals surface area contributed by atoms with Crippen LogP contribution in [0.2, 0.25) is 0 Å². The summed E-state index contributed by atoms with van der Waals surface area (Å²) in [5.41, 5.74) is 0.0579. The fraction of sp³-hybridized carbons (Fsp3) is 1.00. The molecule has 2 atom stereocenters. The van der Waals surface area contributed by atoms with E-state index in [-0.39, 0.29) is 5.60 Å². The third-order valence-electron chi connectivity index (χ3n) is 4.38. The highest BCUT2D eigenvalue weighted by Gasteiger charge is 2.43. The van der Waals surface area contributed by atoms with Crippen molar-refractivity contribution in [1.29, 1.82) is 0 Å². The molecule has 0 aromatic carbocycles. The quantitative estimate of drug-likeness (QED) is 0.689. The Bertz CT molecular complexity index is 215. The lowest BCUT2D eigenvalue weighted by atomic mass is 9.82. The van der Waals surface area contributed by atoms with E-state index in [9.17, 15) is 0 Å². The van der Waals surface area contributed by atoms with Gasteiger partial charge in [0.1, 0.15) is 0 Å². The van der Waals surface area contributed by atoms with Crippen LogP contribution in [0.5, 0.6) is 0 Å².